The number of nitrogens with one attached hydrogen (secondary N) is 1. The number of imidazole rings is 1. The first-order chi connectivity index (χ1) is 10.2. The predicted molar refractivity (Wildman–Crippen MR) is 88.3 cm³/mol. The summed E-state index contributed by atoms with van der Waals surface area (Å²) in [6.07, 6.45) is 8.88. The van der Waals surface area contributed by atoms with Gasteiger partial charge in [-0.1, -0.05) is 0 Å². The summed E-state index contributed by atoms with van der Waals surface area (Å²) in [6, 6.07) is 5.90. The lowest BCUT2D eigenvalue weighted by Gasteiger charge is -2.08. The van der Waals surface area contributed by atoms with Crippen LogP contribution >= 0.6 is 31.9 Å². The van der Waals surface area contributed by atoms with Crippen LogP contribution in [-0.2, 0) is 6.54 Å². The van der Waals surface area contributed by atoms with Gasteiger partial charge in [0.1, 0.15) is 12.1 Å². The normalized spacial score (nSPS) is 10.6. The van der Waals surface area contributed by atoms with E-state index in [0.29, 0.717) is 6.54 Å². The lowest BCUT2D eigenvalue weighted by atomic mass is 10.3. The SMILES string of the molecule is Brc1cnc(CNc2ccc(-n3ccnc3)nc2)c(Br)c1. The van der Waals surface area contributed by atoms with Crippen molar-refractivity contribution in [2.24, 2.45) is 0 Å². The van der Waals surface area contributed by atoms with Gasteiger partial charge in [-0.05, 0) is 50.1 Å². The largest absolute Gasteiger partial charge is 0.378 e. The zero-order valence-electron chi connectivity index (χ0n) is 10.9. The van der Waals surface area contributed by atoms with Gasteiger partial charge < -0.3 is 5.32 Å². The van der Waals surface area contributed by atoms with Crippen molar-refractivity contribution in [1.82, 2.24) is 19.5 Å². The van der Waals surface area contributed by atoms with Gasteiger partial charge in [-0.25, -0.2) is 9.97 Å². The minimum absolute atomic E-state index is 0.625. The summed E-state index contributed by atoms with van der Waals surface area (Å²) < 4.78 is 3.77. The zero-order valence-corrected chi connectivity index (χ0v) is 14.0. The predicted octanol–water partition coefficient (Wildman–Crippen LogP) is 3.80. The number of aromatic nitrogens is 4. The molecular formula is C14H11Br2N5. The molecule has 0 aliphatic rings. The first-order valence-electron chi connectivity index (χ1n) is 6.20. The Labute approximate surface area is 138 Å². The molecular weight excluding hydrogens is 398 g/mol. The Bertz CT molecular complexity index is 726. The molecule has 3 heterocycles. The van der Waals surface area contributed by atoms with Crippen LogP contribution in [0.25, 0.3) is 5.82 Å². The molecule has 0 aromatic carbocycles. The van der Waals surface area contributed by atoms with Crippen molar-refractivity contribution in [3.63, 3.8) is 0 Å². The van der Waals surface area contributed by atoms with Crippen LogP contribution in [0, 0.1) is 0 Å². The molecule has 0 spiro atoms. The molecule has 0 atom stereocenters. The molecule has 3 rings (SSSR count). The molecule has 7 heteroatoms. The monoisotopic (exact) mass is 407 g/mol. The number of hydrogen-bond donors (Lipinski definition) is 1. The van der Waals surface area contributed by atoms with Crippen LogP contribution in [-0.4, -0.2) is 19.5 Å². The number of hydrogen-bond acceptors (Lipinski definition) is 4. The molecule has 0 fully saturated rings. The minimum atomic E-state index is 0.625. The molecule has 0 bridgehead atoms. The molecule has 3 aromatic rings. The minimum Gasteiger partial charge on any atom is -0.378 e. The average Bonchev–Trinajstić information content (AvgIpc) is 3.01. The van der Waals surface area contributed by atoms with Crippen molar-refractivity contribution in [2.45, 2.75) is 6.54 Å². The molecule has 106 valence electrons. The second-order valence-electron chi connectivity index (χ2n) is 4.31. The van der Waals surface area contributed by atoms with Crippen LogP contribution in [0.3, 0.4) is 0 Å². The van der Waals surface area contributed by atoms with E-state index in [9.17, 15) is 0 Å². The van der Waals surface area contributed by atoms with Crippen LogP contribution in [0.5, 0.6) is 0 Å². The van der Waals surface area contributed by atoms with Crippen molar-refractivity contribution >= 4 is 37.5 Å². The van der Waals surface area contributed by atoms with E-state index in [0.717, 1.165) is 26.1 Å². The fourth-order valence-corrected chi connectivity index (χ4v) is 2.92. The van der Waals surface area contributed by atoms with Crippen molar-refractivity contribution in [3.05, 3.63) is 64.0 Å². The van der Waals surface area contributed by atoms with Crippen molar-refractivity contribution in [2.75, 3.05) is 5.32 Å². The Hall–Kier alpha value is -1.73. The Morgan fingerprint density at radius 2 is 2.05 bits per heavy atom. The van der Waals surface area contributed by atoms with Crippen LogP contribution in [0.15, 0.2) is 58.3 Å². The second-order valence-corrected chi connectivity index (χ2v) is 6.08. The third-order valence-electron chi connectivity index (χ3n) is 2.86. The summed E-state index contributed by atoms with van der Waals surface area (Å²) in [4.78, 5) is 12.8. The molecule has 21 heavy (non-hydrogen) atoms. The standard InChI is InChI=1S/C14H11Br2N5/c15-10-5-12(16)13(19-6-10)8-18-11-1-2-14(20-7-11)21-4-3-17-9-21/h1-7,9,18H,8H2. The fourth-order valence-electron chi connectivity index (χ4n) is 1.80. The number of nitrogens with zero attached hydrogens (tertiary/aromatic N) is 4. The van der Waals surface area contributed by atoms with E-state index in [1.807, 2.05) is 29.0 Å². The zero-order chi connectivity index (χ0) is 14.7. The lowest BCUT2D eigenvalue weighted by Crippen LogP contribution is -2.03. The van der Waals surface area contributed by atoms with Crippen LogP contribution in [0.4, 0.5) is 5.69 Å². The summed E-state index contributed by atoms with van der Waals surface area (Å²) in [5.41, 5.74) is 1.88. The van der Waals surface area contributed by atoms with Crippen LogP contribution < -0.4 is 5.32 Å². The summed E-state index contributed by atoms with van der Waals surface area (Å²) in [6.45, 7) is 0.625. The molecule has 1 N–H and O–H groups in total. The third-order valence-corrected chi connectivity index (χ3v) is 3.98. The van der Waals surface area contributed by atoms with E-state index < -0.39 is 0 Å². The van der Waals surface area contributed by atoms with E-state index in [1.165, 1.54) is 0 Å². The van der Waals surface area contributed by atoms with Crippen LogP contribution in [0.1, 0.15) is 5.69 Å². The Balaban J connectivity index is 1.68. The van der Waals surface area contributed by atoms with Gasteiger partial charge in [0.25, 0.3) is 0 Å². The molecule has 0 radical (unpaired) electrons. The topological polar surface area (TPSA) is 55.6 Å². The van der Waals surface area contributed by atoms with Gasteiger partial charge in [-0.2, -0.15) is 0 Å². The fraction of sp³-hybridized carbons (Fsp3) is 0.0714. The maximum atomic E-state index is 4.39. The number of rotatable bonds is 4. The van der Waals surface area contributed by atoms with Gasteiger partial charge >= 0.3 is 0 Å². The maximum Gasteiger partial charge on any atom is 0.137 e. The van der Waals surface area contributed by atoms with Gasteiger partial charge in [-0.3, -0.25) is 9.55 Å². The van der Waals surface area contributed by atoms with E-state index in [4.69, 9.17) is 0 Å². The van der Waals surface area contributed by atoms with E-state index in [1.54, 1.807) is 24.9 Å². The van der Waals surface area contributed by atoms with Crippen molar-refractivity contribution < 1.29 is 0 Å². The molecule has 3 aromatic heterocycles. The average molecular weight is 409 g/mol. The highest BCUT2D eigenvalue weighted by Gasteiger charge is 2.03. The Kier molecular flexibility index (Phi) is 4.31. The van der Waals surface area contributed by atoms with Crippen LogP contribution in [0.2, 0.25) is 0 Å². The highest BCUT2D eigenvalue weighted by molar-refractivity contribution is 9.11. The van der Waals surface area contributed by atoms with Gasteiger partial charge in [0.15, 0.2) is 0 Å². The molecule has 0 amide bonds. The van der Waals surface area contributed by atoms with Gasteiger partial charge in [0, 0.05) is 27.5 Å². The van der Waals surface area contributed by atoms with E-state index >= 15 is 0 Å². The summed E-state index contributed by atoms with van der Waals surface area (Å²) in [7, 11) is 0. The number of pyridine rings is 2. The number of anilines is 1. The first-order valence-corrected chi connectivity index (χ1v) is 7.79. The second kappa shape index (κ2) is 6.36. The van der Waals surface area contributed by atoms with Crippen molar-refractivity contribution in [1.29, 1.82) is 0 Å². The molecule has 0 saturated heterocycles. The van der Waals surface area contributed by atoms with E-state index in [2.05, 4.69) is 52.1 Å². The third kappa shape index (κ3) is 3.48. The molecule has 0 unspecified atom stereocenters. The van der Waals surface area contributed by atoms with Gasteiger partial charge in [-0.15, -0.1) is 0 Å². The quantitative estimate of drug-likeness (QED) is 0.713. The molecule has 0 saturated carbocycles. The molecule has 0 aliphatic heterocycles. The van der Waals surface area contributed by atoms with Crippen molar-refractivity contribution in [3.8, 4) is 5.82 Å². The smallest absolute Gasteiger partial charge is 0.137 e. The molecule has 0 aliphatic carbocycles. The highest BCUT2D eigenvalue weighted by Crippen LogP contribution is 2.20. The first kappa shape index (κ1) is 14.2. The maximum absolute atomic E-state index is 4.39. The molecule has 5 nitrogen and oxygen atoms in total. The summed E-state index contributed by atoms with van der Waals surface area (Å²) in [5.74, 6) is 0.834. The van der Waals surface area contributed by atoms with Gasteiger partial charge in [0.2, 0.25) is 0 Å². The summed E-state index contributed by atoms with van der Waals surface area (Å²) in [5, 5.41) is 3.30. The van der Waals surface area contributed by atoms with Gasteiger partial charge in [0.05, 0.1) is 24.1 Å². The lowest BCUT2D eigenvalue weighted by molar-refractivity contribution is 0.985. The number of halogens is 2. The Morgan fingerprint density at radius 3 is 2.71 bits per heavy atom. The highest BCUT2D eigenvalue weighted by atomic mass is 79.9. The van der Waals surface area contributed by atoms with E-state index in [-0.39, 0.29) is 0 Å². The Morgan fingerprint density at radius 1 is 1.14 bits per heavy atom. The summed E-state index contributed by atoms with van der Waals surface area (Å²) >= 11 is 6.89.